The minimum atomic E-state index is -1.52. The van der Waals surface area contributed by atoms with E-state index in [2.05, 4.69) is 5.32 Å². The van der Waals surface area contributed by atoms with E-state index in [0.29, 0.717) is 5.56 Å². The predicted octanol–water partition coefficient (Wildman–Crippen LogP) is 0.362. The number of aliphatic carboxylic acids is 1. The molecule has 1 aromatic carbocycles. The van der Waals surface area contributed by atoms with Crippen LogP contribution in [0, 0.1) is 27.2 Å². The van der Waals surface area contributed by atoms with E-state index < -0.39 is 38.9 Å². The first-order valence-corrected chi connectivity index (χ1v) is 5.15. The van der Waals surface area contributed by atoms with Crippen molar-refractivity contribution in [2.45, 2.75) is 19.9 Å². The summed E-state index contributed by atoms with van der Waals surface area (Å²) in [5, 5.41) is 34.6. The molecule has 0 aliphatic carbocycles. The minimum absolute atomic E-state index is 0.324. The lowest BCUT2D eigenvalue weighted by Crippen LogP contribution is -2.38. The number of carbonyl (C=O) groups is 1. The number of carboxylic acids is 1. The fourth-order valence-corrected chi connectivity index (χ4v) is 1.46. The second-order valence-electron chi connectivity index (χ2n) is 3.88. The van der Waals surface area contributed by atoms with Gasteiger partial charge in [0.25, 0.3) is 11.4 Å². The lowest BCUT2D eigenvalue weighted by Gasteiger charge is -2.16. The maximum Gasteiger partial charge on any atom is 0.299 e. The average molecular weight is 268 g/mol. The Morgan fingerprint density at radius 1 is 1.21 bits per heavy atom. The van der Waals surface area contributed by atoms with Crippen molar-refractivity contribution in [1.29, 1.82) is 0 Å². The van der Waals surface area contributed by atoms with Crippen LogP contribution < -0.4 is 10.4 Å². The van der Waals surface area contributed by atoms with Crippen LogP contribution in [0.2, 0.25) is 0 Å². The zero-order valence-corrected chi connectivity index (χ0v) is 10.1. The monoisotopic (exact) mass is 268 g/mol. The minimum Gasteiger partial charge on any atom is -0.548 e. The van der Waals surface area contributed by atoms with Gasteiger partial charge >= 0.3 is 0 Å². The van der Waals surface area contributed by atoms with E-state index in [0.717, 1.165) is 12.1 Å². The van der Waals surface area contributed by atoms with Crippen LogP contribution in [-0.4, -0.2) is 21.9 Å². The molecule has 1 aromatic rings. The van der Waals surface area contributed by atoms with Gasteiger partial charge in [-0.25, -0.2) is 0 Å². The van der Waals surface area contributed by atoms with Gasteiger partial charge in [-0.1, -0.05) is 0 Å². The third kappa shape index (κ3) is 3.15. The Bertz CT molecular complexity index is 521. The van der Waals surface area contributed by atoms with E-state index in [4.69, 9.17) is 0 Å². The summed E-state index contributed by atoms with van der Waals surface area (Å²) in [6, 6.07) is 0.939. The molecule has 0 radical (unpaired) electrons. The maximum atomic E-state index is 10.9. The smallest absolute Gasteiger partial charge is 0.299 e. The van der Waals surface area contributed by atoms with E-state index >= 15 is 0 Å². The zero-order chi connectivity index (χ0) is 14.7. The van der Waals surface area contributed by atoms with Gasteiger partial charge in [-0.3, -0.25) is 20.2 Å². The third-order valence-electron chi connectivity index (χ3n) is 2.35. The van der Waals surface area contributed by atoms with E-state index in [1.165, 1.54) is 13.8 Å². The van der Waals surface area contributed by atoms with Crippen molar-refractivity contribution >= 4 is 23.0 Å². The summed E-state index contributed by atoms with van der Waals surface area (Å²) in [6.07, 6.45) is 0. The van der Waals surface area contributed by atoms with Gasteiger partial charge in [-0.05, 0) is 19.4 Å². The number of hydrogen-bond acceptors (Lipinski definition) is 7. The van der Waals surface area contributed by atoms with Crippen molar-refractivity contribution in [2.24, 2.45) is 0 Å². The molecule has 1 N–H and O–H groups in total. The number of nitro benzene ring substituents is 2. The Balaban J connectivity index is 3.43. The van der Waals surface area contributed by atoms with Crippen LogP contribution in [0.4, 0.5) is 17.1 Å². The van der Waals surface area contributed by atoms with Crippen molar-refractivity contribution in [2.75, 3.05) is 5.32 Å². The largest absolute Gasteiger partial charge is 0.548 e. The second kappa shape index (κ2) is 5.29. The predicted molar refractivity (Wildman–Crippen MR) is 62.6 cm³/mol. The third-order valence-corrected chi connectivity index (χ3v) is 2.35. The molecule has 9 nitrogen and oxygen atoms in total. The molecule has 0 heterocycles. The maximum absolute atomic E-state index is 10.9. The quantitative estimate of drug-likeness (QED) is 0.600. The van der Waals surface area contributed by atoms with Crippen molar-refractivity contribution < 1.29 is 19.7 Å². The number of rotatable bonds is 5. The number of hydrogen-bond donors (Lipinski definition) is 1. The first kappa shape index (κ1) is 14.4. The lowest BCUT2D eigenvalue weighted by atomic mass is 10.1. The van der Waals surface area contributed by atoms with Gasteiger partial charge in [0.1, 0.15) is 0 Å². The first-order valence-electron chi connectivity index (χ1n) is 5.15. The van der Waals surface area contributed by atoms with Crippen LogP contribution in [0.25, 0.3) is 0 Å². The van der Waals surface area contributed by atoms with Gasteiger partial charge in [0.2, 0.25) is 0 Å². The number of anilines is 1. The van der Waals surface area contributed by atoms with Crippen molar-refractivity contribution in [3.8, 4) is 0 Å². The number of benzene rings is 1. The summed E-state index contributed by atoms with van der Waals surface area (Å²) < 4.78 is 0. The topological polar surface area (TPSA) is 138 Å². The number of carbonyl (C=O) groups excluding carboxylic acids is 1. The van der Waals surface area contributed by atoms with Crippen molar-refractivity contribution in [1.82, 2.24) is 0 Å². The molecule has 9 heteroatoms. The molecule has 0 bridgehead atoms. The molecule has 1 atom stereocenters. The van der Waals surface area contributed by atoms with Gasteiger partial charge < -0.3 is 15.2 Å². The van der Waals surface area contributed by atoms with Crippen LogP contribution in [0.1, 0.15) is 12.5 Å². The fourth-order valence-electron chi connectivity index (χ4n) is 1.46. The molecule has 0 spiro atoms. The summed E-state index contributed by atoms with van der Waals surface area (Å²) >= 11 is 0. The van der Waals surface area contributed by atoms with E-state index in [-0.39, 0.29) is 0 Å². The highest BCUT2D eigenvalue weighted by atomic mass is 16.6. The summed E-state index contributed by atoms with van der Waals surface area (Å²) in [4.78, 5) is 30.7. The highest BCUT2D eigenvalue weighted by Crippen LogP contribution is 2.35. The van der Waals surface area contributed by atoms with E-state index in [1.54, 1.807) is 0 Å². The summed E-state index contributed by atoms with van der Waals surface area (Å²) in [5.41, 5.74) is -1.23. The Labute approximate surface area is 107 Å². The molecular weight excluding hydrogens is 258 g/mol. The summed E-state index contributed by atoms with van der Waals surface area (Å²) in [5.74, 6) is -1.52. The van der Waals surface area contributed by atoms with Gasteiger partial charge in [-0.2, -0.15) is 0 Å². The van der Waals surface area contributed by atoms with Gasteiger partial charge in [0, 0.05) is 12.1 Å². The molecule has 102 valence electrons. The standard InChI is InChI=1S/C10H11N3O6/c1-5-3-7(12(16)17)9(8(4-5)13(18)19)11-6(2)10(14)15/h3-4,6,11H,1-2H3,(H,14,15)/p-1/t6-/m1/s1. The van der Waals surface area contributed by atoms with E-state index in [9.17, 15) is 30.1 Å². The number of nitrogens with zero attached hydrogens (tertiary/aromatic N) is 2. The second-order valence-corrected chi connectivity index (χ2v) is 3.88. The van der Waals surface area contributed by atoms with Crippen molar-refractivity contribution in [3.05, 3.63) is 37.9 Å². The number of aryl methyl sites for hydroxylation is 1. The molecule has 0 amide bonds. The van der Waals surface area contributed by atoms with Gasteiger partial charge in [-0.15, -0.1) is 0 Å². The highest BCUT2D eigenvalue weighted by Gasteiger charge is 2.27. The van der Waals surface area contributed by atoms with Crippen molar-refractivity contribution in [3.63, 3.8) is 0 Å². The Morgan fingerprint density at radius 2 is 1.63 bits per heavy atom. The molecule has 0 saturated heterocycles. The van der Waals surface area contributed by atoms with Crippen LogP contribution in [-0.2, 0) is 4.79 Å². The molecule has 19 heavy (non-hydrogen) atoms. The molecule has 0 saturated carbocycles. The molecule has 0 fully saturated rings. The van der Waals surface area contributed by atoms with E-state index in [1.807, 2.05) is 0 Å². The first-order chi connectivity index (χ1) is 8.73. The molecular formula is C10H10N3O6-. The van der Waals surface area contributed by atoms with Crippen LogP contribution in [0.3, 0.4) is 0 Å². The Hall–Kier alpha value is -2.71. The number of nitrogens with one attached hydrogen (secondary N) is 1. The Kier molecular flexibility index (Phi) is 4.00. The Morgan fingerprint density at radius 3 is 1.95 bits per heavy atom. The van der Waals surface area contributed by atoms with Crippen LogP contribution in [0.5, 0.6) is 0 Å². The molecule has 0 aliphatic rings. The zero-order valence-electron chi connectivity index (χ0n) is 10.1. The lowest BCUT2D eigenvalue weighted by molar-refractivity contribution is -0.392. The summed E-state index contributed by atoms with van der Waals surface area (Å²) in [6.45, 7) is 2.63. The normalized spacial score (nSPS) is 11.7. The van der Waals surface area contributed by atoms with Gasteiger partial charge in [0.15, 0.2) is 5.69 Å². The SMILES string of the molecule is Cc1cc([N+](=O)[O-])c(N[C@H](C)C(=O)[O-])c([N+](=O)[O-])c1. The van der Waals surface area contributed by atoms with Gasteiger partial charge in [0.05, 0.1) is 21.9 Å². The molecule has 0 aromatic heterocycles. The highest BCUT2D eigenvalue weighted by molar-refractivity contribution is 5.81. The molecule has 0 unspecified atom stereocenters. The van der Waals surface area contributed by atoms with Crippen LogP contribution in [0.15, 0.2) is 12.1 Å². The molecule has 0 aliphatic heterocycles. The number of carboxylic acid groups (broad SMARTS) is 1. The van der Waals surface area contributed by atoms with Crippen LogP contribution >= 0.6 is 0 Å². The summed E-state index contributed by atoms with van der Waals surface area (Å²) in [7, 11) is 0. The fraction of sp³-hybridized carbons (Fsp3) is 0.300. The average Bonchev–Trinajstić information content (AvgIpc) is 2.29. The number of nitro groups is 2. The molecule has 1 rings (SSSR count).